The Morgan fingerprint density at radius 2 is 2.20 bits per heavy atom. The van der Waals surface area contributed by atoms with Gasteiger partial charge in [-0.05, 0) is 43.0 Å². The van der Waals surface area contributed by atoms with Gasteiger partial charge < -0.3 is 15.0 Å². The topological polar surface area (TPSA) is 70.2 Å². The Labute approximate surface area is 147 Å². The lowest BCUT2D eigenvalue weighted by molar-refractivity contribution is 0.180. The summed E-state index contributed by atoms with van der Waals surface area (Å²) in [4.78, 5) is 14.3. The molecule has 4 rings (SSSR count). The molecule has 2 aliphatic rings. The van der Waals surface area contributed by atoms with Gasteiger partial charge in [0.2, 0.25) is 0 Å². The number of piperidine rings is 1. The fourth-order valence-electron chi connectivity index (χ4n) is 3.76. The predicted molar refractivity (Wildman–Crippen MR) is 94.6 cm³/mol. The molecule has 1 aromatic heterocycles. The number of carbonyl (C=O) groups is 1. The zero-order chi connectivity index (χ0) is 17.2. The highest BCUT2D eigenvalue weighted by atomic mass is 16.5. The number of aromatic amines is 1. The number of urea groups is 1. The van der Waals surface area contributed by atoms with E-state index >= 15 is 0 Å². The van der Waals surface area contributed by atoms with Crippen molar-refractivity contribution < 1.29 is 9.53 Å². The second-order valence-corrected chi connectivity index (χ2v) is 7.01. The molecule has 0 bridgehead atoms. The Morgan fingerprint density at radius 1 is 1.36 bits per heavy atom. The minimum Gasteiger partial charge on any atom is -0.490 e. The SMILES string of the molecule is CC1Cc2cc(CNC(=O)N3CCC(c4ccn[nH]4)CC3)ccc2O1. The number of nitrogens with zero attached hydrogens (tertiary/aromatic N) is 2. The number of ether oxygens (including phenoxy) is 1. The summed E-state index contributed by atoms with van der Waals surface area (Å²) in [6, 6.07) is 8.23. The molecule has 2 aromatic rings. The van der Waals surface area contributed by atoms with E-state index < -0.39 is 0 Å². The van der Waals surface area contributed by atoms with Gasteiger partial charge in [0.1, 0.15) is 11.9 Å². The number of hydrogen-bond acceptors (Lipinski definition) is 3. The van der Waals surface area contributed by atoms with Crippen molar-refractivity contribution in [3.8, 4) is 5.75 Å². The second-order valence-electron chi connectivity index (χ2n) is 7.01. The third kappa shape index (κ3) is 3.48. The van der Waals surface area contributed by atoms with Crippen LogP contribution in [0.1, 0.15) is 42.5 Å². The molecule has 1 atom stereocenters. The third-order valence-electron chi connectivity index (χ3n) is 5.15. The fourth-order valence-corrected chi connectivity index (χ4v) is 3.76. The number of H-pyrrole nitrogens is 1. The van der Waals surface area contributed by atoms with E-state index in [1.807, 2.05) is 23.1 Å². The van der Waals surface area contributed by atoms with Crippen LogP contribution in [0.25, 0.3) is 0 Å². The Hall–Kier alpha value is -2.50. The molecule has 132 valence electrons. The van der Waals surface area contributed by atoms with Crippen LogP contribution in [0.15, 0.2) is 30.5 Å². The van der Waals surface area contributed by atoms with E-state index in [1.165, 1.54) is 11.3 Å². The molecule has 6 nitrogen and oxygen atoms in total. The standard InChI is InChI=1S/C19H24N4O2/c1-13-10-16-11-14(2-3-18(16)25-13)12-20-19(24)23-8-5-15(6-9-23)17-4-7-21-22-17/h2-4,7,11,13,15H,5-6,8-10,12H2,1H3,(H,20,24)(H,21,22). The summed E-state index contributed by atoms with van der Waals surface area (Å²) >= 11 is 0. The van der Waals surface area contributed by atoms with E-state index in [0.717, 1.165) is 43.7 Å². The number of fused-ring (bicyclic) bond motifs is 1. The minimum atomic E-state index is 0.0215. The zero-order valence-corrected chi connectivity index (χ0v) is 14.5. The largest absolute Gasteiger partial charge is 0.490 e. The van der Waals surface area contributed by atoms with Gasteiger partial charge in [-0.3, -0.25) is 5.10 Å². The van der Waals surface area contributed by atoms with Crippen LogP contribution in [0.3, 0.4) is 0 Å². The number of benzene rings is 1. The number of nitrogens with one attached hydrogen (secondary N) is 2. The lowest BCUT2D eigenvalue weighted by atomic mass is 9.94. The summed E-state index contributed by atoms with van der Waals surface area (Å²) in [6.07, 6.45) is 4.93. The smallest absolute Gasteiger partial charge is 0.317 e. The van der Waals surface area contributed by atoms with E-state index in [-0.39, 0.29) is 12.1 Å². The van der Waals surface area contributed by atoms with Crippen LogP contribution in [0, 0.1) is 0 Å². The summed E-state index contributed by atoms with van der Waals surface area (Å²) < 4.78 is 5.72. The maximum absolute atomic E-state index is 12.4. The second kappa shape index (κ2) is 6.78. The predicted octanol–water partition coefficient (Wildman–Crippen LogP) is 2.82. The Morgan fingerprint density at radius 3 is 2.96 bits per heavy atom. The van der Waals surface area contributed by atoms with Crippen LogP contribution in [-0.4, -0.2) is 40.3 Å². The van der Waals surface area contributed by atoms with Crippen LogP contribution in [-0.2, 0) is 13.0 Å². The lowest BCUT2D eigenvalue weighted by Gasteiger charge is -2.31. The lowest BCUT2D eigenvalue weighted by Crippen LogP contribution is -2.43. The molecule has 3 heterocycles. The summed E-state index contributed by atoms with van der Waals surface area (Å²) in [5, 5.41) is 10.1. The van der Waals surface area contributed by atoms with Gasteiger partial charge in [-0.2, -0.15) is 5.10 Å². The average Bonchev–Trinajstić information content (AvgIpc) is 3.28. The monoisotopic (exact) mass is 340 g/mol. The minimum absolute atomic E-state index is 0.0215. The van der Waals surface area contributed by atoms with Gasteiger partial charge in [-0.25, -0.2) is 4.79 Å². The summed E-state index contributed by atoms with van der Waals surface area (Å²) in [5.74, 6) is 1.45. The highest BCUT2D eigenvalue weighted by molar-refractivity contribution is 5.74. The van der Waals surface area contributed by atoms with Gasteiger partial charge in [0.25, 0.3) is 0 Å². The molecule has 6 heteroatoms. The summed E-state index contributed by atoms with van der Waals surface area (Å²) in [5.41, 5.74) is 3.53. The van der Waals surface area contributed by atoms with Crippen molar-refractivity contribution in [3.05, 3.63) is 47.3 Å². The van der Waals surface area contributed by atoms with Crippen molar-refractivity contribution in [2.45, 2.75) is 44.8 Å². The normalized spacial score (nSPS) is 20.2. The van der Waals surface area contributed by atoms with Crippen molar-refractivity contribution in [1.29, 1.82) is 0 Å². The van der Waals surface area contributed by atoms with Crippen molar-refractivity contribution >= 4 is 6.03 Å². The van der Waals surface area contributed by atoms with Crippen LogP contribution >= 0.6 is 0 Å². The van der Waals surface area contributed by atoms with Gasteiger partial charge in [0.05, 0.1) is 0 Å². The highest BCUT2D eigenvalue weighted by Crippen LogP contribution is 2.29. The maximum atomic E-state index is 12.4. The van der Waals surface area contributed by atoms with Crippen LogP contribution in [0.2, 0.25) is 0 Å². The number of aromatic nitrogens is 2. The van der Waals surface area contributed by atoms with Crippen molar-refractivity contribution in [2.75, 3.05) is 13.1 Å². The highest BCUT2D eigenvalue weighted by Gasteiger charge is 2.24. The van der Waals surface area contributed by atoms with Gasteiger partial charge in [0, 0.05) is 43.9 Å². The molecule has 2 aliphatic heterocycles. The molecular formula is C19H24N4O2. The zero-order valence-electron chi connectivity index (χ0n) is 14.5. The summed E-state index contributed by atoms with van der Waals surface area (Å²) in [6.45, 7) is 4.20. The number of amides is 2. The molecule has 0 saturated carbocycles. The number of carbonyl (C=O) groups excluding carboxylic acids is 1. The van der Waals surface area contributed by atoms with Crippen molar-refractivity contribution in [3.63, 3.8) is 0 Å². The maximum Gasteiger partial charge on any atom is 0.317 e. The van der Waals surface area contributed by atoms with E-state index in [4.69, 9.17) is 4.74 Å². The quantitative estimate of drug-likeness (QED) is 0.903. The first-order valence-corrected chi connectivity index (χ1v) is 8.99. The third-order valence-corrected chi connectivity index (χ3v) is 5.15. The van der Waals surface area contributed by atoms with E-state index in [0.29, 0.717) is 12.5 Å². The fraction of sp³-hybridized carbons (Fsp3) is 0.474. The van der Waals surface area contributed by atoms with E-state index in [1.54, 1.807) is 6.20 Å². The number of rotatable bonds is 3. The molecule has 2 N–H and O–H groups in total. The molecule has 0 radical (unpaired) electrons. The molecule has 1 saturated heterocycles. The average molecular weight is 340 g/mol. The van der Waals surface area contributed by atoms with Crippen LogP contribution in [0.5, 0.6) is 5.75 Å². The molecule has 2 amide bonds. The molecule has 1 aromatic carbocycles. The van der Waals surface area contributed by atoms with Crippen molar-refractivity contribution in [2.24, 2.45) is 0 Å². The first kappa shape index (κ1) is 16.0. The van der Waals surface area contributed by atoms with Gasteiger partial charge in [-0.1, -0.05) is 12.1 Å². The van der Waals surface area contributed by atoms with Gasteiger partial charge >= 0.3 is 6.03 Å². The van der Waals surface area contributed by atoms with E-state index in [9.17, 15) is 4.79 Å². The molecule has 1 fully saturated rings. The summed E-state index contributed by atoms with van der Waals surface area (Å²) in [7, 11) is 0. The first-order valence-electron chi connectivity index (χ1n) is 8.99. The Balaban J connectivity index is 1.28. The molecular weight excluding hydrogens is 316 g/mol. The van der Waals surface area contributed by atoms with Gasteiger partial charge in [-0.15, -0.1) is 0 Å². The Kier molecular flexibility index (Phi) is 4.34. The molecule has 1 unspecified atom stereocenters. The van der Waals surface area contributed by atoms with Gasteiger partial charge in [0.15, 0.2) is 0 Å². The molecule has 25 heavy (non-hydrogen) atoms. The van der Waals surface area contributed by atoms with E-state index in [2.05, 4.69) is 28.5 Å². The first-order chi connectivity index (χ1) is 12.2. The number of hydrogen-bond donors (Lipinski definition) is 2. The number of likely N-dealkylation sites (tertiary alicyclic amines) is 1. The van der Waals surface area contributed by atoms with Crippen molar-refractivity contribution in [1.82, 2.24) is 20.4 Å². The van der Waals surface area contributed by atoms with Crippen LogP contribution in [0.4, 0.5) is 4.79 Å². The Bertz CT molecular complexity index is 736. The van der Waals surface area contributed by atoms with Crippen LogP contribution < -0.4 is 10.1 Å². The molecule has 0 spiro atoms. The molecule has 0 aliphatic carbocycles.